The molecule has 0 spiro atoms. The van der Waals surface area contributed by atoms with Crippen molar-refractivity contribution < 1.29 is 14.3 Å². The van der Waals surface area contributed by atoms with Crippen LogP contribution in [0.15, 0.2) is 35.8 Å². The first-order valence-corrected chi connectivity index (χ1v) is 8.62. The van der Waals surface area contributed by atoms with Gasteiger partial charge < -0.3 is 15.0 Å². The molecule has 2 amide bonds. The average molecular weight is 345 g/mol. The molecular weight excluding hydrogens is 326 g/mol. The zero-order chi connectivity index (χ0) is 16.9. The van der Waals surface area contributed by atoms with Gasteiger partial charge in [-0.1, -0.05) is 12.1 Å². The first-order chi connectivity index (χ1) is 11.7. The molecular formula is C17H19N3O3S. The molecule has 2 aromatic rings. The standard InChI is InChI=1S/C17H19N3O3S/c1-23-8-7-19-16(21)13-11-20(17(22)14-5-3-9-24-14)10-12-4-2-6-18-15(12)13/h2-6,9,13H,7-8,10-11H2,1H3,(H,19,21). The van der Waals surface area contributed by atoms with Gasteiger partial charge in [-0.2, -0.15) is 0 Å². The summed E-state index contributed by atoms with van der Waals surface area (Å²) in [5.41, 5.74) is 1.67. The van der Waals surface area contributed by atoms with Crippen molar-refractivity contribution in [3.63, 3.8) is 0 Å². The third kappa shape index (κ3) is 3.47. The van der Waals surface area contributed by atoms with E-state index in [0.29, 0.717) is 31.1 Å². The van der Waals surface area contributed by atoms with Crippen LogP contribution in [0.1, 0.15) is 26.8 Å². The number of carbonyl (C=O) groups is 2. The Hall–Kier alpha value is -2.25. The number of thiophene rings is 1. The van der Waals surface area contributed by atoms with Crippen molar-refractivity contribution in [1.29, 1.82) is 0 Å². The molecule has 0 bridgehead atoms. The predicted octanol–water partition coefficient (Wildman–Crippen LogP) is 1.65. The van der Waals surface area contributed by atoms with Crippen molar-refractivity contribution >= 4 is 23.2 Å². The third-order valence-electron chi connectivity index (χ3n) is 3.96. The maximum Gasteiger partial charge on any atom is 0.264 e. The van der Waals surface area contributed by atoms with Gasteiger partial charge >= 0.3 is 0 Å². The summed E-state index contributed by atoms with van der Waals surface area (Å²) in [6.45, 7) is 1.69. The number of rotatable bonds is 5. The summed E-state index contributed by atoms with van der Waals surface area (Å²) in [5.74, 6) is -0.638. The fraction of sp³-hybridized carbons (Fsp3) is 0.353. The lowest BCUT2D eigenvalue weighted by Gasteiger charge is -2.33. The number of aromatic nitrogens is 1. The van der Waals surface area contributed by atoms with E-state index < -0.39 is 5.92 Å². The van der Waals surface area contributed by atoms with Crippen molar-refractivity contribution in [3.05, 3.63) is 52.0 Å². The van der Waals surface area contributed by atoms with Crippen LogP contribution in [-0.2, 0) is 16.1 Å². The molecule has 3 heterocycles. The Bertz CT molecular complexity index is 718. The van der Waals surface area contributed by atoms with Crippen LogP contribution in [-0.4, -0.2) is 48.5 Å². The number of hydrogen-bond acceptors (Lipinski definition) is 5. The van der Waals surface area contributed by atoms with E-state index in [9.17, 15) is 9.59 Å². The number of carbonyl (C=O) groups excluding carboxylic acids is 2. The molecule has 24 heavy (non-hydrogen) atoms. The molecule has 0 radical (unpaired) electrons. The summed E-state index contributed by atoms with van der Waals surface area (Å²) in [7, 11) is 1.59. The second-order valence-electron chi connectivity index (χ2n) is 5.55. The van der Waals surface area contributed by atoms with Crippen molar-refractivity contribution in [3.8, 4) is 0 Å². The predicted molar refractivity (Wildman–Crippen MR) is 90.9 cm³/mol. The Balaban J connectivity index is 1.82. The van der Waals surface area contributed by atoms with E-state index in [-0.39, 0.29) is 11.8 Å². The number of fused-ring (bicyclic) bond motifs is 1. The monoisotopic (exact) mass is 345 g/mol. The van der Waals surface area contributed by atoms with Crippen LogP contribution < -0.4 is 5.32 Å². The first kappa shape index (κ1) is 16.6. The molecule has 0 fully saturated rings. The highest BCUT2D eigenvalue weighted by Gasteiger charge is 2.34. The summed E-state index contributed by atoms with van der Waals surface area (Å²) in [4.78, 5) is 32.0. The topological polar surface area (TPSA) is 71.5 Å². The number of pyridine rings is 1. The molecule has 0 saturated heterocycles. The average Bonchev–Trinajstić information content (AvgIpc) is 3.15. The fourth-order valence-corrected chi connectivity index (χ4v) is 3.48. The first-order valence-electron chi connectivity index (χ1n) is 7.74. The summed E-state index contributed by atoms with van der Waals surface area (Å²) in [6.07, 6.45) is 1.69. The number of nitrogens with one attached hydrogen (secondary N) is 1. The van der Waals surface area contributed by atoms with Crippen molar-refractivity contribution in [2.24, 2.45) is 0 Å². The minimum absolute atomic E-state index is 0.0470. The molecule has 1 atom stereocenters. The SMILES string of the molecule is COCCNC(=O)C1CN(C(=O)c2cccs2)Cc2cccnc21. The van der Waals surface area contributed by atoms with Crippen LogP contribution in [0.4, 0.5) is 0 Å². The minimum Gasteiger partial charge on any atom is -0.383 e. The maximum absolute atomic E-state index is 12.7. The summed E-state index contributed by atoms with van der Waals surface area (Å²) in [6, 6.07) is 7.41. The number of amides is 2. The van der Waals surface area contributed by atoms with Gasteiger partial charge in [0.25, 0.3) is 5.91 Å². The highest BCUT2D eigenvalue weighted by Crippen LogP contribution is 2.28. The molecule has 0 aliphatic carbocycles. The van der Waals surface area contributed by atoms with Crippen LogP contribution >= 0.6 is 11.3 Å². The van der Waals surface area contributed by atoms with Crippen molar-refractivity contribution in [2.75, 3.05) is 26.8 Å². The second kappa shape index (κ2) is 7.55. The highest BCUT2D eigenvalue weighted by atomic mass is 32.1. The second-order valence-corrected chi connectivity index (χ2v) is 6.49. The van der Waals surface area contributed by atoms with E-state index in [1.54, 1.807) is 24.3 Å². The van der Waals surface area contributed by atoms with E-state index in [2.05, 4.69) is 10.3 Å². The van der Waals surface area contributed by atoms with Crippen molar-refractivity contribution in [1.82, 2.24) is 15.2 Å². The van der Waals surface area contributed by atoms with Gasteiger partial charge in [-0.3, -0.25) is 14.6 Å². The smallest absolute Gasteiger partial charge is 0.264 e. The van der Waals surface area contributed by atoms with E-state index in [1.807, 2.05) is 23.6 Å². The molecule has 126 valence electrons. The normalized spacial score (nSPS) is 16.5. The number of methoxy groups -OCH3 is 1. The zero-order valence-corrected chi connectivity index (χ0v) is 14.2. The van der Waals surface area contributed by atoms with Crippen LogP contribution in [0.25, 0.3) is 0 Å². The Morgan fingerprint density at radius 1 is 1.42 bits per heavy atom. The Kier molecular flexibility index (Phi) is 5.22. The number of nitrogens with zero attached hydrogens (tertiary/aromatic N) is 2. The summed E-state index contributed by atoms with van der Waals surface area (Å²) < 4.78 is 4.96. The number of ether oxygens (including phenoxy) is 1. The van der Waals surface area contributed by atoms with Gasteiger partial charge in [0.2, 0.25) is 5.91 Å². The lowest BCUT2D eigenvalue weighted by molar-refractivity contribution is -0.123. The van der Waals surface area contributed by atoms with Crippen LogP contribution in [0.5, 0.6) is 0 Å². The summed E-state index contributed by atoms with van der Waals surface area (Å²) in [5, 5.41) is 4.73. The quantitative estimate of drug-likeness (QED) is 0.837. The summed E-state index contributed by atoms with van der Waals surface area (Å²) >= 11 is 1.41. The largest absolute Gasteiger partial charge is 0.383 e. The molecule has 3 rings (SSSR count). The molecule has 7 heteroatoms. The molecule has 2 aromatic heterocycles. The van der Waals surface area contributed by atoms with Gasteiger partial charge in [0.05, 0.1) is 23.1 Å². The van der Waals surface area contributed by atoms with E-state index >= 15 is 0 Å². The van der Waals surface area contributed by atoms with Gasteiger partial charge in [0.1, 0.15) is 0 Å². The van der Waals surface area contributed by atoms with Gasteiger partial charge in [0.15, 0.2) is 0 Å². The van der Waals surface area contributed by atoms with Gasteiger partial charge in [-0.05, 0) is 23.1 Å². The highest BCUT2D eigenvalue weighted by molar-refractivity contribution is 7.12. The fourth-order valence-electron chi connectivity index (χ4n) is 2.79. The van der Waals surface area contributed by atoms with Gasteiger partial charge in [-0.15, -0.1) is 11.3 Å². The lowest BCUT2D eigenvalue weighted by Crippen LogP contribution is -2.44. The zero-order valence-electron chi connectivity index (χ0n) is 13.4. The Morgan fingerprint density at radius 2 is 2.29 bits per heavy atom. The molecule has 1 aliphatic heterocycles. The molecule has 0 aromatic carbocycles. The van der Waals surface area contributed by atoms with Gasteiger partial charge in [0, 0.05) is 32.9 Å². The third-order valence-corrected chi connectivity index (χ3v) is 4.82. The van der Waals surface area contributed by atoms with Crippen LogP contribution in [0.2, 0.25) is 0 Å². The van der Waals surface area contributed by atoms with Crippen molar-refractivity contribution in [2.45, 2.75) is 12.5 Å². The number of hydrogen-bond donors (Lipinski definition) is 1. The van der Waals surface area contributed by atoms with Crippen LogP contribution in [0, 0.1) is 0 Å². The Labute approximate surface area is 144 Å². The molecule has 0 saturated carbocycles. The minimum atomic E-state index is -0.462. The maximum atomic E-state index is 12.7. The molecule has 6 nitrogen and oxygen atoms in total. The van der Waals surface area contributed by atoms with Gasteiger partial charge in [-0.25, -0.2) is 0 Å². The molecule has 1 aliphatic rings. The van der Waals surface area contributed by atoms with E-state index in [4.69, 9.17) is 4.74 Å². The lowest BCUT2D eigenvalue weighted by atomic mass is 9.93. The Morgan fingerprint density at radius 3 is 3.04 bits per heavy atom. The molecule has 1 N–H and O–H groups in total. The van der Waals surface area contributed by atoms with E-state index in [0.717, 1.165) is 11.3 Å². The van der Waals surface area contributed by atoms with E-state index in [1.165, 1.54) is 11.3 Å². The van der Waals surface area contributed by atoms with Crippen LogP contribution in [0.3, 0.4) is 0 Å². The molecule has 1 unspecified atom stereocenters.